The van der Waals surface area contributed by atoms with Gasteiger partial charge in [-0.05, 0) is 12.1 Å². The van der Waals surface area contributed by atoms with Crippen molar-refractivity contribution < 1.29 is 12.8 Å². The molecular formula is C14H12FN5O2S. The summed E-state index contributed by atoms with van der Waals surface area (Å²) in [6.07, 6.45) is 4.09. The van der Waals surface area contributed by atoms with Crippen LogP contribution in [-0.2, 0) is 16.6 Å². The van der Waals surface area contributed by atoms with Gasteiger partial charge in [0.25, 0.3) is 10.0 Å². The highest BCUT2D eigenvalue weighted by Crippen LogP contribution is 2.27. The number of nitrogens with zero attached hydrogens (tertiary/aromatic N) is 5. The van der Waals surface area contributed by atoms with Gasteiger partial charge in [-0.15, -0.1) is 0 Å². The minimum atomic E-state index is -3.76. The molecule has 0 amide bonds. The molecule has 0 fully saturated rings. The summed E-state index contributed by atoms with van der Waals surface area (Å²) < 4.78 is 43.5. The van der Waals surface area contributed by atoms with Crippen molar-refractivity contribution in [2.75, 3.05) is 10.8 Å². The van der Waals surface area contributed by atoms with Crippen LogP contribution in [0, 0.1) is 5.82 Å². The molecule has 0 bridgehead atoms. The topological polar surface area (TPSA) is 73.0 Å². The molecule has 1 aromatic carbocycles. The van der Waals surface area contributed by atoms with Gasteiger partial charge in [0, 0.05) is 6.07 Å². The highest BCUT2D eigenvalue weighted by atomic mass is 32.2. The lowest BCUT2D eigenvalue weighted by atomic mass is 10.3. The maximum atomic E-state index is 13.8. The van der Waals surface area contributed by atoms with Gasteiger partial charge in [0.05, 0.1) is 31.7 Å². The van der Waals surface area contributed by atoms with Gasteiger partial charge in [-0.1, -0.05) is 12.1 Å². The van der Waals surface area contributed by atoms with Gasteiger partial charge < -0.3 is 0 Å². The van der Waals surface area contributed by atoms with E-state index in [9.17, 15) is 12.8 Å². The van der Waals surface area contributed by atoms with Crippen LogP contribution < -0.4 is 4.31 Å². The standard InChI is InChI=1S/C14H12FN5O2S/c15-12-3-1-2-4-13(12)19-10-11(9-17-19)23(21,22)20-8-7-18-14(20)5-6-16-18/h1-6,9-10H,7-8H2. The molecule has 0 saturated carbocycles. The Morgan fingerprint density at radius 2 is 1.91 bits per heavy atom. The number of hydrogen-bond donors (Lipinski definition) is 0. The van der Waals surface area contributed by atoms with Crippen LogP contribution >= 0.6 is 0 Å². The first-order valence-electron chi connectivity index (χ1n) is 6.91. The number of fused-ring (bicyclic) bond motifs is 1. The second kappa shape index (κ2) is 4.92. The van der Waals surface area contributed by atoms with E-state index in [2.05, 4.69) is 10.2 Å². The van der Waals surface area contributed by atoms with Gasteiger partial charge in [-0.3, -0.25) is 0 Å². The van der Waals surface area contributed by atoms with Gasteiger partial charge in [-0.25, -0.2) is 26.5 Å². The van der Waals surface area contributed by atoms with E-state index >= 15 is 0 Å². The minimum absolute atomic E-state index is 0.00963. The van der Waals surface area contributed by atoms with Crippen LogP contribution in [0.25, 0.3) is 5.69 Å². The Morgan fingerprint density at radius 3 is 2.74 bits per heavy atom. The quantitative estimate of drug-likeness (QED) is 0.726. The Balaban J connectivity index is 1.73. The maximum Gasteiger partial charge on any atom is 0.268 e. The van der Waals surface area contributed by atoms with Crippen LogP contribution in [0.4, 0.5) is 10.2 Å². The van der Waals surface area contributed by atoms with E-state index in [1.807, 2.05) is 0 Å². The molecule has 0 atom stereocenters. The first kappa shape index (κ1) is 13.9. The molecule has 7 nitrogen and oxygen atoms in total. The van der Waals surface area contributed by atoms with Crippen LogP contribution in [0.2, 0.25) is 0 Å². The van der Waals surface area contributed by atoms with E-state index in [-0.39, 0.29) is 10.6 Å². The van der Waals surface area contributed by atoms with Crippen LogP contribution in [0.5, 0.6) is 0 Å². The Bertz CT molecular complexity index is 978. The van der Waals surface area contributed by atoms with E-state index in [1.54, 1.807) is 29.1 Å². The SMILES string of the molecule is O=S(=O)(c1cnn(-c2ccccc2F)c1)N1CCn2nccc21. The number of halogens is 1. The Kier molecular flexibility index (Phi) is 2.98. The molecule has 2 aromatic heterocycles. The van der Waals surface area contributed by atoms with Crippen LogP contribution in [0.3, 0.4) is 0 Å². The number of hydrogen-bond acceptors (Lipinski definition) is 4. The molecule has 9 heteroatoms. The Labute approximate surface area is 131 Å². The number of benzene rings is 1. The largest absolute Gasteiger partial charge is 0.268 e. The van der Waals surface area contributed by atoms with Crippen molar-refractivity contribution in [2.24, 2.45) is 0 Å². The Morgan fingerprint density at radius 1 is 1.09 bits per heavy atom. The molecule has 0 saturated heterocycles. The van der Waals surface area contributed by atoms with Crippen molar-refractivity contribution >= 4 is 15.8 Å². The Hall–Kier alpha value is -2.68. The minimum Gasteiger partial charge on any atom is -0.248 e. The molecule has 118 valence electrons. The van der Waals surface area contributed by atoms with Crippen LogP contribution in [0.1, 0.15) is 0 Å². The zero-order chi connectivity index (χ0) is 16.0. The first-order chi connectivity index (χ1) is 11.1. The van der Waals surface area contributed by atoms with Gasteiger partial charge in [0.2, 0.25) is 0 Å². The fraction of sp³-hybridized carbons (Fsp3) is 0.143. The van der Waals surface area contributed by atoms with Gasteiger partial charge in [0.1, 0.15) is 22.2 Å². The molecule has 1 aliphatic rings. The normalized spacial score (nSPS) is 14.2. The predicted molar refractivity (Wildman–Crippen MR) is 80.3 cm³/mol. The molecule has 3 heterocycles. The molecule has 3 aromatic rings. The van der Waals surface area contributed by atoms with Crippen molar-refractivity contribution in [1.29, 1.82) is 0 Å². The molecule has 0 unspecified atom stereocenters. The van der Waals surface area contributed by atoms with Gasteiger partial charge in [-0.2, -0.15) is 10.2 Å². The highest BCUT2D eigenvalue weighted by Gasteiger charge is 2.32. The zero-order valence-corrected chi connectivity index (χ0v) is 12.7. The smallest absolute Gasteiger partial charge is 0.248 e. The lowest BCUT2D eigenvalue weighted by molar-refractivity contribution is 0.591. The summed E-state index contributed by atoms with van der Waals surface area (Å²) in [7, 11) is -3.76. The number of sulfonamides is 1. The molecule has 1 aliphatic heterocycles. The predicted octanol–water partition coefficient (Wildman–Crippen LogP) is 1.42. The number of aromatic nitrogens is 4. The van der Waals surface area contributed by atoms with Crippen molar-refractivity contribution in [3.8, 4) is 5.69 Å². The van der Waals surface area contributed by atoms with E-state index in [0.717, 1.165) is 0 Å². The lowest BCUT2D eigenvalue weighted by Gasteiger charge is -2.15. The molecule has 0 aliphatic carbocycles. The number of rotatable bonds is 3. The van der Waals surface area contributed by atoms with Crippen LogP contribution in [-0.4, -0.2) is 34.5 Å². The highest BCUT2D eigenvalue weighted by molar-refractivity contribution is 7.92. The summed E-state index contributed by atoms with van der Waals surface area (Å²) >= 11 is 0. The van der Waals surface area contributed by atoms with E-state index in [1.165, 1.54) is 33.5 Å². The van der Waals surface area contributed by atoms with Crippen molar-refractivity contribution in [3.63, 3.8) is 0 Å². The summed E-state index contributed by atoms with van der Waals surface area (Å²) in [4.78, 5) is 0.00963. The molecule has 0 N–H and O–H groups in total. The summed E-state index contributed by atoms with van der Waals surface area (Å²) in [5.74, 6) is 0.0439. The zero-order valence-electron chi connectivity index (χ0n) is 11.9. The van der Waals surface area contributed by atoms with Crippen molar-refractivity contribution in [2.45, 2.75) is 11.4 Å². The molecular weight excluding hydrogens is 321 g/mol. The third-order valence-electron chi connectivity index (χ3n) is 3.71. The van der Waals surface area contributed by atoms with E-state index in [4.69, 9.17) is 0 Å². The first-order valence-corrected chi connectivity index (χ1v) is 8.35. The lowest BCUT2D eigenvalue weighted by Crippen LogP contribution is -2.28. The van der Waals surface area contributed by atoms with Crippen LogP contribution in [0.15, 0.2) is 53.8 Å². The summed E-state index contributed by atoms with van der Waals surface area (Å²) in [6.45, 7) is 0.819. The third kappa shape index (κ3) is 2.12. The van der Waals surface area contributed by atoms with Gasteiger partial charge in [0.15, 0.2) is 0 Å². The maximum absolute atomic E-state index is 13.8. The second-order valence-corrected chi connectivity index (χ2v) is 6.92. The number of para-hydroxylation sites is 1. The van der Waals surface area contributed by atoms with Crippen molar-refractivity contribution in [3.05, 3.63) is 54.7 Å². The second-order valence-electron chi connectivity index (χ2n) is 5.06. The fourth-order valence-corrected chi connectivity index (χ4v) is 3.98. The van der Waals surface area contributed by atoms with Gasteiger partial charge >= 0.3 is 0 Å². The monoisotopic (exact) mass is 333 g/mol. The van der Waals surface area contributed by atoms with E-state index < -0.39 is 15.8 Å². The third-order valence-corrected chi connectivity index (χ3v) is 5.47. The molecule has 23 heavy (non-hydrogen) atoms. The average molecular weight is 333 g/mol. The van der Waals surface area contributed by atoms with E-state index in [0.29, 0.717) is 18.9 Å². The summed E-state index contributed by atoms with van der Waals surface area (Å²) in [5, 5.41) is 8.04. The average Bonchev–Trinajstić information content (AvgIpc) is 3.24. The fourth-order valence-electron chi connectivity index (χ4n) is 2.59. The molecule has 4 rings (SSSR count). The number of anilines is 1. The molecule has 0 radical (unpaired) electrons. The summed E-state index contributed by atoms with van der Waals surface area (Å²) in [5.41, 5.74) is 0.195. The van der Waals surface area contributed by atoms with Crippen molar-refractivity contribution in [1.82, 2.24) is 19.6 Å². The molecule has 0 spiro atoms. The summed E-state index contributed by atoms with van der Waals surface area (Å²) in [6, 6.07) is 7.69.